The molecule has 0 bridgehead atoms. The minimum Gasteiger partial charge on any atom is -0.454 e. The van der Waals surface area contributed by atoms with Gasteiger partial charge in [0.2, 0.25) is 6.79 Å². The molecule has 0 unspecified atom stereocenters. The van der Waals surface area contributed by atoms with Crippen LogP contribution in [0.25, 0.3) is 6.08 Å². The van der Waals surface area contributed by atoms with E-state index in [0.29, 0.717) is 22.6 Å². The van der Waals surface area contributed by atoms with Crippen molar-refractivity contribution in [3.63, 3.8) is 0 Å². The van der Waals surface area contributed by atoms with Gasteiger partial charge in [0, 0.05) is 32.7 Å². The van der Waals surface area contributed by atoms with Crippen molar-refractivity contribution < 1.29 is 19.1 Å². The number of imide groups is 1. The van der Waals surface area contributed by atoms with Crippen LogP contribution in [-0.2, 0) is 6.54 Å². The zero-order valence-electron chi connectivity index (χ0n) is 20.9. The van der Waals surface area contributed by atoms with Crippen LogP contribution in [0.2, 0.25) is 0 Å². The van der Waals surface area contributed by atoms with Gasteiger partial charge in [0.1, 0.15) is 0 Å². The smallest absolute Gasteiger partial charge is 0.263 e. The number of ether oxygens (including phenoxy) is 2. The molecular weight excluding hydrogens is 466 g/mol. The van der Waals surface area contributed by atoms with Crippen molar-refractivity contribution in [1.29, 1.82) is 0 Å². The van der Waals surface area contributed by atoms with Gasteiger partial charge in [-0.05, 0) is 42.3 Å². The Hall–Kier alpha value is -4.10. The second-order valence-electron chi connectivity index (χ2n) is 9.75. The van der Waals surface area contributed by atoms with Crippen LogP contribution >= 0.6 is 0 Å². The lowest BCUT2D eigenvalue weighted by molar-refractivity contribution is 0.0642. The maximum atomic E-state index is 13.5. The van der Waals surface area contributed by atoms with Crippen molar-refractivity contribution in [2.75, 3.05) is 44.4 Å². The van der Waals surface area contributed by atoms with Gasteiger partial charge in [-0.25, -0.2) is 0 Å². The predicted molar refractivity (Wildman–Crippen MR) is 142 cm³/mol. The summed E-state index contributed by atoms with van der Waals surface area (Å²) in [6.07, 6.45) is 2.23. The minimum absolute atomic E-state index is 0.186. The highest BCUT2D eigenvalue weighted by Gasteiger charge is 2.39. The number of amides is 2. The summed E-state index contributed by atoms with van der Waals surface area (Å²) in [4.78, 5) is 32.7. The van der Waals surface area contributed by atoms with Gasteiger partial charge in [-0.15, -0.1) is 0 Å². The van der Waals surface area contributed by atoms with Crippen molar-refractivity contribution in [2.45, 2.75) is 13.5 Å². The first-order chi connectivity index (χ1) is 18.1. The highest BCUT2D eigenvalue weighted by molar-refractivity contribution is 6.23. The van der Waals surface area contributed by atoms with Crippen LogP contribution in [0.15, 0.2) is 72.3 Å². The molecule has 2 amide bonds. The number of nitrogens with zero attached hydrogens (tertiary/aromatic N) is 3. The van der Waals surface area contributed by atoms with Gasteiger partial charge in [-0.2, -0.15) is 0 Å². The maximum absolute atomic E-state index is 13.5. The van der Waals surface area contributed by atoms with E-state index >= 15 is 0 Å². The monoisotopic (exact) mass is 495 g/mol. The lowest BCUT2D eigenvalue weighted by Gasteiger charge is -2.37. The van der Waals surface area contributed by atoms with Crippen LogP contribution < -0.4 is 14.4 Å². The summed E-state index contributed by atoms with van der Waals surface area (Å²) < 4.78 is 10.8. The van der Waals surface area contributed by atoms with Crippen LogP contribution in [0.4, 0.5) is 5.69 Å². The van der Waals surface area contributed by atoms with Crippen LogP contribution in [0.3, 0.4) is 0 Å². The average Bonchev–Trinajstić information content (AvgIpc) is 3.48. The van der Waals surface area contributed by atoms with Crippen LogP contribution in [0.5, 0.6) is 11.5 Å². The molecule has 37 heavy (non-hydrogen) atoms. The molecule has 0 N–H and O–H groups in total. The van der Waals surface area contributed by atoms with E-state index in [0.717, 1.165) is 44.0 Å². The number of carbonyl (C=O) groups is 2. The molecule has 0 aromatic heterocycles. The molecule has 7 nitrogen and oxygen atoms in total. The Bertz CT molecular complexity index is 1380. The number of anilines is 1. The number of hydrogen-bond acceptors (Lipinski definition) is 6. The number of hydrogen-bond donors (Lipinski definition) is 0. The number of carbonyl (C=O) groups excluding carboxylic acids is 2. The van der Waals surface area contributed by atoms with Crippen molar-refractivity contribution in [1.82, 2.24) is 9.80 Å². The van der Waals surface area contributed by atoms with Crippen LogP contribution in [0.1, 0.15) is 38.8 Å². The van der Waals surface area contributed by atoms with E-state index in [9.17, 15) is 9.59 Å². The van der Waals surface area contributed by atoms with Crippen molar-refractivity contribution in [2.24, 2.45) is 0 Å². The summed E-state index contributed by atoms with van der Waals surface area (Å²) in [6, 6.07) is 21.5. The molecule has 0 saturated carbocycles. The maximum Gasteiger partial charge on any atom is 0.263 e. The standard InChI is InChI=1S/C30H29N3O4/c1-21(16-22-6-3-2-4-7-22)18-31-12-14-32(15-13-31)25-9-5-8-24-28(25)30(35)33(29(24)34)19-23-10-11-26-27(17-23)37-20-36-26/h2-11,16-17H,12-15,18-20H2,1H3. The fourth-order valence-electron chi connectivity index (χ4n) is 5.32. The summed E-state index contributed by atoms with van der Waals surface area (Å²) in [7, 11) is 0. The van der Waals surface area contributed by atoms with Gasteiger partial charge < -0.3 is 14.4 Å². The van der Waals surface area contributed by atoms with E-state index in [4.69, 9.17) is 9.47 Å². The Morgan fingerprint density at radius 2 is 1.65 bits per heavy atom. The molecule has 188 valence electrons. The second-order valence-corrected chi connectivity index (χ2v) is 9.75. The number of fused-ring (bicyclic) bond motifs is 2. The molecule has 3 heterocycles. The largest absolute Gasteiger partial charge is 0.454 e. The summed E-state index contributed by atoms with van der Waals surface area (Å²) in [6.45, 7) is 6.87. The topological polar surface area (TPSA) is 62.3 Å². The van der Waals surface area contributed by atoms with E-state index in [-0.39, 0.29) is 25.2 Å². The van der Waals surface area contributed by atoms with Gasteiger partial charge in [-0.1, -0.05) is 54.1 Å². The molecule has 0 radical (unpaired) electrons. The fourth-order valence-corrected chi connectivity index (χ4v) is 5.32. The van der Waals surface area contributed by atoms with Crippen LogP contribution in [0, 0.1) is 0 Å². The van der Waals surface area contributed by atoms with Crippen molar-refractivity contribution >= 4 is 23.6 Å². The lowest BCUT2D eigenvalue weighted by Crippen LogP contribution is -2.47. The van der Waals surface area contributed by atoms with Gasteiger partial charge in [0.25, 0.3) is 11.8 Å². The van der Waals surface area contributed by atoms with Gasteiger partial charge in [0.15, 0.2) is 11.5 Å². The second kappa shape index (κ2) is 9.75. The number of piperazine rings is 1. The summed E-state index contributed by atoms with van der Waals surface area (Å²) in [5.41, 5.74) is 5.20. The lowest BCUT2D eigenvalue weighted by atomic mass is 10.1. The molecule has 7 heteroatoms. The van der Waals surface area contributed by atoms with E-state index in [2.05, 4.69) is 47.1 Å². The van der Waals surface area contributed by atoms with Gasteiger partial charge in [0.05, 0.1) is 23.4 Å². The first-order valence-electron chi connectivity index (χ1n) is 12.6. The van der Waals surface area contributed by atoms with E-state index < -0.39 is 0 Å². The van der Waals surface area contributed by atoms with Gasteiger partial charge >= 0.3 is 0 Å². The molecule has 0 atom stereocenters. The van der Waals surface area contributed by atoms with Crippen molar-refractivity contribution in [3.05, 3.63) is 94.6 Å². The Kier molecular flexibility index (Phi) is 6.14. The number of benzene rings is 3. The Morgan fingerprint density at radius 3 is 2.46 bits per heavy atom. The quantitative estimate of drug-likeness (QED) is 0.472. The molecule has 0 spiro atoms. The Balaban J connectivity index is 1.14. The molecule has 3 aromatic carbocycles. The zero-order valence-corrected chi connectivity index (χ0v) is 20.9. The molecule has 1 fully saturated rings. The zero-order chi connectivity index (χ0) is 25.4. The van der Waals surface area contributed by atoms with E-state index in [1.807, 2.05) is 36.4 Å². The first kappa shape index (κ1) is 23.3. The predicted octanol–water partition coefficient (Wildman–Crippen LogP) is 4.44. The van der Waals surface area contributed by atoms with Crippen LogP contribution in [-0.4, -0.2) is 61.1 Å². The first-order valence-corrected chi connectivity index (χ1v) is 12.6. The highest BCUT2D eigenvalue weighted by Crippen LogP contribution is 2.36. The molecule has 1 saturated heterocycles. The Labute approximate surface area is 216 Å². The normalized spacial score (nSPS) is 17.5. The number of rotatable bonds is 6. The third kappa shape index (κ3) is 4.58. The van der Waals surface area contributed by atoms with E-state index in [1.165, 1.54) is 16.0 Å². The molecular formula is C30H29N3O4. The average molecular weight is 496 g/mol. The minimum atomic E-state index is -0.250. The molecule has 3 aliphatic heterocycles. The van der Waals surface area contributed by atoms with Gasteiger partial charge in [-0.3, -0.25) is 19.4 Å². The SMILES string of the molecule is CC(=Cc1ccccc1)CN1CCN(c2cccc3c2C(=O)N(Cc2ccc4c(c2)OCO4)C3=O)CC1. The Morgan fingerprint density at radius 1 is 0.865 bits per heavy atom. The fraction of sp³-hybridized carbons (Fsp3) is 0.267. The van der Waals surface area contributed by atoms with E-state index in [1.54, 1.807) is 6.07 Å². The molecule has 0 aliphatic carbocycles. The summed E-state index contributed by atoms with van der Waals surface area (Å²) in [5.74, 6) is 0.831. The third-order valence-electron chi connectivity index (χ3n) is 7.15. The molecule has 6 rings (SSSR count). The summed E-state index contributed by atoms with van der Waals surface area (Å²) >= 11 is 0. The molecule has 3 aromatic rings. The molecule has 3 aliphatic rings. The summed E-state index contributed by atoms with van der Waals surface area (Å²) in [5, 5.41) is 0. The highest BCUT2D eigenvalue weighted by atomic mass is 16.7. The third-order valence-corrected chi connectivity index (χ3v) is 7.15. The van der Waals surface area contributed by atoms with Crippen molar-refractivity contribution in [3.8, 4) is 11.5 Å².